The molecule has 0 atom stereocenters. The van der Waals surface area contributed by atoms with Gasteiger partial charge in [0.1, 0.15) is 54.8 Å². The van der Waals surface area contributed by atoms with Gasteiger partial charge in [-0.2, -0.15) is 10.5 Å². The third-order valence-corrected chi connectivity index (χ3v) is 10.9. The average Bonchev–Trinajstić information content (AvgIpc) is 3.68. The Morgan fingerprint density at radius 1 is 0.623 bits per heavy atom. The number of anilines is 2. The van der Waals surface area contributed by atoms with Crippen molar-refractivity contribution in [2.75, 3.05) is 65.9 Å². The lowest BCUT2D eigenvalue weighted by atomic mass is 10.1. The molecule has 0 saturated heterocycles. The summed E-state index contributed by atoms with van der Waals surface area (Å²) in [6, 6.07) is 16.1. The van der Waals surface area contributed by atoms with Crippen molar-refractivity contribution in [2.24, 2.45) is 0 Å². The molecule has 0 unspecified atom stereocenters. The van der Waals surface area contributed by atoms with E-state index in [9.17, 15) is 10.5 Å². The zero-order chi connectivity index (χ0) is 38.4. The molecule has 0 aliphatic heterocycles. The van der Waals surface area contributed by atoms with Gasteiger partial charge in [0, 0.05) is 40.5 Å². The van der Waals surface area contributed by atoms with E-state index in [2.05, 4.69) is 24.0 Å². The van der Waals surface area contributed by atoms with Crippen molar-refractivity contribution in [2.45, 2.75) is 33.6 Å². The lowest BCUT2D eigenvalue weighted by Gasteiger charge is -2.18. The number of rotatable bonds is 11. The van der Waals surface area contributed by atoms with Crippen LogP contribution in [0.4, 0.5) is 11.6 Å². The molecule has 53 heavy (non-hydrogen) atoms. The lowest BCUT2D eigenvalue weighted by molar-refractivity contribution is 0.354. The van der Waals surface area contributed by atoms with Crippen LogP contribution in [0.25, 0.3) is 20.4 Å². The standard InChI is InChI=1S/C20H22N4O2S.C19H20N4O2S/c1-6-24(3)19-18-12(2)16(11-21)27-20(18)23-17(22-19)10-13-7-8-14(25-4)15(9-13)26-5;1-11-15(10-20)26-19-17(11)18(23(2)3)21-16(22-19)9-12-6-7-13(24-4)14(8-12)25-5/h7-9H,6,10H2,1-5H3;6-8H,9H2,1-5H3. The molecule has 4 aromatic heterocycles. The van der Waals surface area contributed by atoms with Gasteiger partial charge in [-0.25, -0.2) is 19.9 Å². The molecule has 14 heteroatoms. The van der Waals surface area contributed by atoms with E-state index in [0.717, 1.165) is 66.7 Å². The maximum atomic E-state index is 9.39. The van der Waals surface area contributed by atoms with E-state index in [4.69, 9.17) is 38.9 Å². The molecule has 0 radical (unpaired) electrons. The molecule has 6 rings (SSSR count). The summed E-state index contributed by atoms with van der Waals surface area (Å²) in [7, 11) is 12.4. The molecular formula is C39H42N8O4S2. The monoisotopic (exact) mass is 750 g/mol. The number of methoxy groups -OCH3 is 4. The zero-order valence-corrected chi connectivity index (χ0v) is 33.2. The SMILES string of the molecule is CCN(C)c1nc(Cc2ccc(OC)c(OC)c2)nc2sc(C#N)c(C)c12.COc1ccc(Cc2nc(N(C)C)c3c(C)c(C#N)sc3n2)cc1OC. The molecule has 0 saturated carbocycles. The van der Waals surface area contributed by atoms with Crippen LogP contribution in [0.3, 0.4) is 0 Å². The number of benzene rings is 2. The number of fused-ring (bicyclic) bond motifs is 2. The highest BCUT2D eigenvalue weighted by Gasteiger charge is 2.20. The Labute approximate surface area is 317 Å². The first-order valence-electron chi connectivity index (χ1n) is 16.7. The summed E-state index contributed by atoms with van der Waals surface area (Å²) >= 11 is 2.83. The molecule has 0 amide bonds. The van der Waals surface area contributed by atoms with E-state index >= 15 is 0 Å². The van der Waals surface area contributed by atoms with E-state index in [1.807, 2.05) is 76.3 Å². The molecule has 274 valence electrons. The van der Waals surface area contributed by atoms with Crippen LogP contribution in [0.2, 0.25) is 0 Å². The fourth-order valence-electron chi connectivity index (χ4n) is 5.79. The number of ether oxygens (including phenoxy) is 4. The Morgan fingerprint density at radius 3 is 1.42 bits per heavy atom. The first-order valence-corrected chi connectivity index (χ1v) is 18.3. The first kappa shape index (κ1) is 38.5. The van der Waals surface area contributed by atoms with Crippen LogP contribution in [0.1, 0.15) is 50.6 Å². The van der Waals surface area contributed by atoms with Gasteiger partial charge in [-0.05, 0) is 67.3 Å². The topological polar surface area (TPSA) is 143 Å². The first-order chi connectivity index (χ1) is 25.5. The van der Waals surface area contributed by atoms with Crippen LogP contribution >= 0.6 is 22.7 Å². The van der Waals surface area contributed by atoms with Gasteiger partial charge in [-0.15, -0.1) is 22.7 Å². The van der Waals surface area contributed by atoms with Crippen LogP contribution < -0.4 is 28.7 Å². The zero-order valence-electron chi connectivity index (χ0n) is 31.6. The van der Waals surface area contributed by atoms with Crippen LogP contribution in [0, 0.1) is 36.5 Å². The van der Waals surface area contributed by atoms with E-state index in [0.29, 0.717) is 51.4 Å². The number of nitriles is 2. The summed E-state index contributed by atoms with van der Waals surface area (Å²) in [5, 5.41) is 20.6. The van der Waals surface area contributed by atoms with Crippen LogP contribution in [0.15, 0.2) is 36.4 Å². The Bertz CT molecular complexity index is 2360. The minimum Gasteiger partial charge on any atom is -0.493 e. The number of hydrogen-bond acceptors (Lipinski definition) is 14. The molecule has 0 fully saturated rings. The van der Waals surface area contributed by atoms with Crippen LogP contribution in [0.5, 0.6) is 23.0 Å². The third kappa shape index (κ3) is 8.04. The van der Waals surface area contributed by atoms with Crippen molar-refractivity contribution in [3.8, 4) is 35.1 Å². The van der Waals surface area contributed by atoms with Crippen molar-refractivity contribution < 1.29 is 18.9 Å². The van der Waals surface area contributed by atoms with Crippen LogP contribution in [-0.4, -0.2) is 76.1 Å². The van der Waals surface area contributed by atoms with Crippen molar-refractivity contribution in [3.63, 3.8) is 0 Å². The fraction of sp³-hybridized carbons (Fsp3) is 0.333. The number of aromatic nitrogens is 4. The van der Waals surface area contributed by atoms with Gasteiger partial charge in [0.05, 0.1) is 39.2 Å². The van der Waals surface area contributed by atoms with E-state index in [1.165, 1.54) is 22.7 Å². The molecule has 12 nitrogen and oxygen atoms in total. The Kier molecular flexibility index (Phi) is 12.2. The summed E-state index contributed by atoms with van der Waals surface area (Å²) in [4.78, 5) is 26.1. The number of thiophene rings is 2. The van der Waals surface area contributed by atoms with E-state index < -0.39 is 0 Å². The van der Waals surface area contributed by atoms with Gasteiger partial charge >= 0.3 is 0 Å². The van der Waals surface area contributed by atoms with Gasteiger partial charge < -0.3 is 28.7 Å². The van der Waals surface area contributed by atoms with E-state index in [-0.39, 0.29) is 0 Å². The third-order valence-electron chi connectivity index (χ3n) is 8.72. The van der Waals surface area contributed by atoms with Gasteiger partial charge in [0.25, 0.3) is 0 Å². The highest BCUT2D eigenvalue weighted by molar-refractivity contribution is 7.19. The molecule has 0 aliphatic rings. The second-order valence-corrected chi connectivity index (χ2v) is 14.3. The minimum absolute atomic E-state index is 0.565. The average molecular weight is 751 g/mol. The maximum absolute atomic E-state index is 9.39. The Morgan fingerprint density at radius 2 is 1.04 bits per heavy atom. The summed E-state index contributed by atoms with van der Waals surface area (Å²) in [6.07, 6.45) is 1.13. The van der Waals surface area contributed by atoms with Crippen molar-refractivity contribution in [3.05, 3.63) is 80.1 Å². The number of aryl methyl sites for hydroxylation is 2. The van der Waals surface area contributed by atoms with Crippen molar-refractivity contribution >= 4 is 54.7 Å². The molecule has 4 heterocycles. The smallest absolute Gasteiger partial charge is 0.161 e. The fourth-order valence-corrected chi connectivity index (χ4v) is 7.77. The maximum Gasteiger partial charge on any atom is 0.161 e. The van der Waals surface area contributed by atoms with Crippen molar-refractivity contribution in [1.29, 1.82) is 10.5 Å². The quantitative estimate of drug-likeness (QED) is 0.130. The second-order valence-electron chi connectivity index (χ2n) is 12.3. The number of nitrogens with zero attached hydrogens (tertiary/aromatic N) is 8. The van der Waals surface area contributed by atoms with Gasteiger partial charge in [-0.1, -0.05) is 12.1 Å². The largest absolute Gasteiger partial charge is 0.493 e. The minimum atomic E-state index is 0.565. The van der Waals surface area contributed by atoms with Crippen molar-refractivity contribution in [1.82, 2.24) is 19.9 Å². The summed E-state index contributed by atoms with van der Waals surface area (Å²) < 4.78 is 21.3. The summed E-state index contributed by atoms with van der Waals surface area (Å²) in [6.45, 7) is 6.80. The Balaban J connectivity index is 0.000000204. The van der Waals surface area contributed by atoms with Gasteiger partial charge in [0.2, 0.25) is 0 Å². The molecule has 0 bridgehead atoms. The highest BCUT2D eigenvalue weighted by Crippen LogP contribution is 2.37. The van der Waals surface area contributed by atoms with Crippen LogP contribution in [-0.2, 0) is 12.8 Å². The second kappa shape index (κ2) is 16.8. The molecule has 2 aromatic carbocycles. The lowest BCUT2D eigenvalue weighted by Crippen LogP contribution is -2.18. The highest BCUT2D eigenvalue weighted by atomic mass is 32.1. The molecule has 0 N–H and O–H groups in total. The normalized spacial score (nSPS) is 10.6. The molecule has 0 spiro atoms. The summed E-state index contributed by atoms with van der Waals surface area (Å²) in [5.74, 6) is 5.87. The summed E-state index contributed by atoms with van der Waals surface area (Å²) in [5.41, 5.74) is 3.95. The van der Waals surface area contributed by atoms with Gasteiger partial charge in [0.15, 0.2) is 23.0 Å². The molecule has 0 aliphatic carbocycles. The van der Waals surface area contributed by atoms with Gasteiger partial charge in [-0.3, -0.25) is 0 Å². The molecular weight excluding hydrogens is 709 g/mol. The predicted molar refractivity (Wildman–Crippen MR) is 212 cm³/mol. The van der Waals surface area contributed by atoms with E-state index in [1.54, 1.807) is 28.4 Å². The number of hydrogen-bond donors (Lipinski definition) is 0. The molecule has 6 aromatic rings. The predicted octanol–water partition coefficient (Wildman–Crippen LogP) is 7.48. The Hall–Kier alpha value is -5.70.